The standard InChI is InChI=1S/C31H44N10O6S/c1-6-24-33-16-27(37-24)48(46,47)40-14-10-13-32-25(42)18-41-29(38-28(39-41)22-11-8-7-9-12-22)20(4)35-31(45)23(15-19(2)3)36-30(44)21(5)34-26(43)17-40/h7-9,11-12,16,19-21,23H,6,10,13-15,17-18H2,1-5H3,(H,32,42)(H,33,37)(H,34,43)(H,35,45)(H,36,44)/t20-,21+,23+/m0/s1. The number of hydrogen-bond acceptors (Lipinski definition) is 9. The van der Waals surface area contributed by atoms with Crippen LogP contribution in [0.25, 0.3) is 11.4 Å². The molecule has 0 bridgehead atoms. The van der Waals surface area contributed by atoms with Crippen molar-refractivity contribution >= 4 is 33.7 Å². The number of carbonyl (C=O) groups excluding carboxylic acids is 4. The molecule has 1 aliphatic rings. The molecule has 5 N–H and O–H groups in total. The lowest BCUT2D eigenvalue weighted by Gasteiger charge is -2.25. The molecule has 260 valence electrons. The number of aromatic amines is 1. The Balaban J connectivity index is 1.65. The SMILES string of the molecule is CCc1ncc(S(=O)(=O)N2CCCNC(=O)Cn3nc(-c4ccccc4)nc3[C@H](C)NC(=O)[C@@H](CC(C)C)NC(=O)[C@@H](C)NC(=O)C2)[nH]1. The van der Waals surface area contributed by atoms with Gasteiger partial charge in [0.25, 0.3) is 10.0 Å². The van der Waals surface area contributed by atoms with Crippen LogP contribution in [0.1, 0.15) is 65.2 Å². The summed E-state index contributed by atoms with van der Waals surface area (Å²) in [4.78, 5) is 64.4. The summed E-state index contributed by atoms with van der Waals surface area (Å²) in [5, 5.41) is 15.3. The van der Waals surface area contributed by atoms with Gasteiger partial charge in [0.15, 0.2) is 10.9 Å². The molecule has 0 unspecified atom stereocenters. The topological polar surface area (TPSA) is 213 Å². The molecular formula is C31H44N10O6S. The number of fused-ring (bicyclic) bond motifs is 1. The van der Waals surface area contributed by atoms with E-state index in [2.05, 4.69) is 41.3 Å². The molecule has 1 aromatic carbocycles. The first-order valence-corrected chi connectivity index (χ1v) is 17.4. The van der Waals surface area contributed by atoms with Crippen LogP contribution in [0.15, 0.2) is 41.6 Å². The highest BCUT2D eigenvalue weighted by Crippen LogP contribution is 2.20. The van der Waals surface area contributed by atoms with Crippen molar-refractivity contribution in [3.63, 3.8) is 0 Å². The van der Waals surface area contributed by atoms with Gasteiger partial charge in [0.05, 0.1) is 18.8 Å². The van der Waals surface area contributed by atoms with Crippen LogP contribution in [0, 0.1) is 5.92 Å². The Kier molecular flexibility index (Phi) is 12.0. The Morgan fingerprint density at radius 2 is 1.67 bits per heavy atom. The second-order valence-corrected chi connectivity index (χ2v) is 14.0. The molecule has 0 spiro atoms. The molecule has 1 aliphatic heterocycles. The molecule has 3 atom stereocenters. The van der Waals surface area contributed by atoms with Crippen molar-refractivity contribution < 1.29 is 27.6 Å². The van der Waals surface area contributed by atoms with Gasteiger partial charge in [-0.2, -0.15) is 9.40 Å². The van der Waals surface area contributed by atoms with E-state index >= 15 is 0 Å². The number of sulfonamides is 1. The van der Waals surface area contributed by atoms with Crippen LogP contribution in [0.3, 0.4) is 0 Å². The van der Waals surface area contributed by atoms with Gasteiger partial charge in [-0.15, -0.1) is 0 Å². The molecular weight excluding hydrogens is 640 g/mol. The maximum Gasteiger partial charge on any atom is 0.260 e. The van der Waals surface area contributed by atoms with Crippen LogP contribution < -0.4 is 21.3 Å². The third-order valence-corrected chi connectivity index (χ3v) is 9.42. The summed E-state index contributed by atoms with van der Waals surface area (Å²) >= 11 is 0. The highest BCUT2D eigenvalue weighted by atomic mass is 32.2. The van der Waals surface area contributed by atoms with Crippen molar-refractivity contribution in [3.05, 3.63) is 48.2 Å². The number of nitrogens with zero attached hydrogens (tertiary/aromatic N) is 5. The molecule has 4 rings (SSSR count). The Morgan fingerprint density at radius 3 is 2.33 bits per heavy atom. The zero-order valence-corrected chi connectivity index (χ0v) is 28.6. The fourth-order valence-corrected chi connectivity index (χ4v) is 6.51. The highest BCUT2D eigenvalue weighted by molar-refractivity contribution is 7.89. The Hall–Kier alpha value is -4.64. The number of amides is 4. The molecule has 0 aliphatic carbocycles. The fraction of sp³-hybridized carbons (Fsp3) is 0.516. The van der Waals surface area contributed by atoms with E-state index in [1.165, 1.54) is 17.8 Å². The van der Waals surface area contributed by atoms with Crippen LogP contribution in [0.2, 0.25) is 0 Å². The molecule has 3 heterocycles. The van der Waals surface area contributed by atoms with Crippen LogP contribution in [0.5, 0.6) is 0 Å². The molecule has 48 heavy (non-hydrogen) atoms. The number of hydrogen-bond donors (Lipinski definition) is 5. The molecule has 0 saturated carbocycles. The second-order valence-electron chi connectivity index (χ2n) is 12.1. The molecule has 0 fully saturated rings. The van der Waals surface area contributed by atoms with Crippen molar-refractivity contribution in [1.82, 2.24) is 50.3 Å². The van der Waals surface area contributed by atoms with Gasteiger partial charge in [0.2, 0.25) is 23.6 Å². The van der Waals surface area contributed by atoms with E-state index < -0.39 is 58.3 Å². The van der Waals surface area contributed by atoms with Gasteiger partial charge >= 0.3 is 0 Å². The van der Waals surface area contributed by atoms with Crippen molar-refractivity contribution in [1.29, 1.82) is 0 Å². The normalized spacial score (nSPS) is 21.2. The Bertz CT molecular complexity index is 1700. The zero-order valence-electron chi connectivity index (χ0n) is 27.8. The first-order chi connectivity index (χ1) is 22.8. The van der Waals surface area contributed by atoms with E-state index in [-0.39, 0.29) is 37.0 Å². The molecule has 0 radical (unpaired) electrons. The molecule has 16 nitrogen and oxygen atoms in total. The summed E-state index contributed by atoms with van der Waals surface area (Å²) in [6.45, 7) is 7.95. The summed E-state index contributed by atoms with van der Waals surface area (Å²) in [5.74, 6) is -1.05. The monoisotopic (exact) mass is 684 g/mol. The minimum absolute atomic E-state index is 0.0226. The number of carbonyl (C=O) groups is 4. The first kappa shape index (κ1) is 36.2. The number of nitrogens with one attached hydrogen (secondary N) is 5. The summed E-state index contributed by atoms with van der Waals surface area (Å²) in [7, 11) is -4.20. The Morgan fingerprint density at radius 1 is 0.938 bits per heavy atom. The molecule has 0 saturated heterocycles. The van der Waals surface area contributed by atoms with Gasteiger partial charge in [-0.3, -0.25) is 19.2 Å². The van der Waals surface area contributed by atoms with Gasteiger partial charge < -0.3 is 26.3 Å². The predicted molar refractivity (Wildman–Crippen MR) is 175 cm³/mol. The number of H-pyrrole nitrogens is 1. The van der Waals surface area contributed by atoms with E-state index in [1.807, 2.05) is 51.1 Å². The maximum atomic E-state index is 13.5. The second kappa shape index (κ2) is 16.0. The van der Waals surface area contributed by atoms with Gasteiger partial charge in [-0.05, 0) is 32.6 Å². The van der Waals surface area contributed by atoms with Crippen LogP contribution in [0.4, 0.5) is 0 Å². The largest absolute Gasteiger partial charge is 0.354 e. The van der Waals surface area contributed by atoms with E-state index in [0.717, 1.165) is 9.87 Å². The minimum atomic E-state index is -4.20. The number of aromatic nitrogens is 5. The van der Waals surface area contributed by atoms with E-state index in [0.29, 0.717) is 30.3 Å². The Labute approximate surface area is 279 Å². The maximum absolute atomic E-state index is 13.5. The quantitative estimate of drug-likeness (QED) is 0.246. The zero-order chi connectivity index (χ0) is 35.0. The van der Waals surface area contributed by atoms with Crippen molar-refractivity contribution in [2.24, 2.45) is 5.92 Å². The predicted octanol–water partition coefficient (Wildman–Crippen LogP) is 0.654. The van der Waals surface area contributed by atoms with Gasteiger partial charge in [0.1, 0.15) is 30.3 Å². The van der Waals surface area contributed by atoms with E-state index in [4.69, 9.17) is 0 Å². The molecule has 4 amide bonds. The van der Waals surface area contributed by atoms with E-state index in [1.54, 1.807) is 6.92 Å². The average molecular weight is 685 g/mol. The summed E-state index contributed by atoms with van der Waals surface area (Å²) in [6.07, 6.45) is 2.14. The highest BCUT2D eigenvalue weighted by Gasteiger charge is 2.31. The summed E-state index contributed by atoms with van der Waals surface area (Å²) in [5.41, 5.74) is 0.719. The van der Waals surface area contributed by atoms with Crippen LogP contribution in [-0.2, 0) is 42.2 Å². The van der Waals surface area contributed by atoms with Crippen LogP contribution >= 0.6 is 0 Å². The summed E-state index contributed by atoms with van der Waals surface area (Å²) in [6, 6.07) is 6.45. The van der Waals surface area contributed by atoms with E-state index in [9.17, 15) is 27.6 Å². The van der Waals surface area contributed by atoms with Gasteiger partial charge in [-0.25, -0.2) is 23.1 Å². The van der Waals surface area contributed by atoms with Crippen LogP contribution in [-0.4, -0.2) is 92.8 Å². The minimum Gasteiger partial charge on any atom is -0.354 e. The molecule has 3 aromatic rings. The lowest BCUT2D eigenvalue weighted by Crippen LogP contribution is -2.54. The number of benzene rings is 1. The van der Waals surface area contributed by atoms with Crippen molar-refractivity contribution in [2.45, 2.75) is 83.6 Å². The smallest absolute Gasteiger partial charge is 0.260 e. The van der Waals surface area contributed by atoms with Crippen molar-refractivity contribution in [3.8, 4) is 11.4 Å². The number of aryl methyl sites for hydroxylation is 1. The number of imidazole rings is 1. The first-order valence-electron chi connectivity index (χ1n) is 16.0. The lowest BCUT2D eigenvalue weighted by atomic mass is 10.0. The van der Waals surface area contributed by atoms with Crippen molar-refractivity contribution in [2.75, 3.05) is 19.6 Å². The number of rotatable bonds is 6. The third-order valence-electron chi connectivity index (χ3n) is 7.67. The van der Waals surface area contributed by atoms with Gasteiger partial charge in [-0.1, -0.05) is 51.1 Å². The molecule has 17 heteroatoms. The summed E-state index contributed by atoms with van der Waals surface area (Å²) < 4.78 is 29.5. The average Bonchev–Trinajstić information content (AvgIpc) is 3.70. The third kappa shape index (κ3) is 9.25. The lowest BCUT2D eigenvalue weighted by molar-refractivity contribution is -0.132. The molecule has 2 aromatic heterocycles. The fourth-order valence-electron chi connectivity index (χ4n) is 5.14. The van der Waals surface area contributed by atoms with Gasteiger partial charge in [0, 0.05) is 25.1 Å².